The van der Waals surface area contributed by atoms with Gasteiger partial charge >= 0.3 is 0 Å². The van der Waals surface area contributed by atoms with Crippen LogP contribution in [0.1, 0.15) is 31.2 Å². The first kappa shape index (κ1) is 21.6. The van der Waals surface area contributed by atoms with Crippen LogP contribution in [0.2, 0.25) is 0 Å². The summed E-state index contributed by atoms with van der Waals surface area (Å²) >= 11 is 1.39. The molecule has 1 fully saturated rings. The average Bonchev–Trinajstić information content (AvgIpc) is 3.00. The van der Waals surface area contributed by atoms with Crippen molar-refractivity contribution < 1.29 is 9.18 Å². The number of aromatic nitrogens is 3. The maximum absolute atomic E-state index is 14.5. The Morgan fingerprint density at radius 1 is 0.935 bits per heavy atom. The van der Waals surface area contributed by atoms with Crippen LogP contribution >= 0.6 is 11.8 Å². The van der Waals surface area contributed by atoms with Gasteiger partial charge in [0.05, 0.1) is 11.3 Å². The third kappa shape index (κ3) is 5.53. The molecule has 3 aromatic rings. The Labute approximate surface area is 186 Å². The summed E-state index contributed by atoms with van der Waals surface area (Å²) in [6.45, 7) is 2.28. The van der Waals surface area contributed by atoms with Crippen molar-refractivity contribution in [3.05, 3.63) is 66.0 Å². The summed E-state index contributed by atoms with van der Waals surface area (Å²) in [6.07, 6.45) is 5.30. The average molecular weight is 439 g/mol. The van der Waals surface area contributed by atoms with E-state index in [1.54, 1.807) is 18.2 Å². The molecule has 2 aromatic carbocycles. The van der Waals surface area contributed by atoms with Crippen LogP contribution in [0, 0.1) is 5.82 Å². The van der Waals surface area contributed by atoms with E-state index in [-0.39, 0.29) is 11.7 Å². The minimum absolute atomic E-state index is 0.136. The Hall–Kier alpha value is -2.67. The number of benzene rings is 2. The Bertz CT molecular complexity index is 1000. The molecule has 4 rings (SSSR count). The van der Waals surface area contributed by atoms with Gasteiger partial charge in [-0.05, 0) is 37.0 Å². The predicted molar refractivity (Wildman–Crippen MR) is 121 cm³/mol. The van der Waals surface area contributed by atoms with E-state index in [0.29, 0.717) is 28.8 Å². The van der Waals surface area contributed by atoms with Crippen LogP contribution in [-0.4, -0.2) is 44.4 Å². The van der Waals surface area contributed by atoms with Crippen molar-refractivity contribution in [2.45, 2.75) is 43.8 Å². The van der Waals surface area contributed by atoms with Gasteiger partial charge in [-0.15, -0.1) is 10.2 Å². The zero-order valence-corrected chi connectivity index (χ0v) is 18.4. The molecule has 5 nitrogen and oxygen atoms in total. The van der Waals surface area contributed by atoms with Gasteiger partial charge in [0.25, 0.3) is 0 Å². The number of thioether (sulfide) groups is 1. The van der Waals surface area contributed by atoms with E-state index in [9.17, 15) is 9.18 Å². The summed E-state index contributed by atoms with van der Waals surface area (Å²) in [5, 5.41) is 9.26. The number of halogens is 1. The van der Waals surface area contributed by atoms with Gasteiger partial charge in [-0.2, -0.15) is 0 Å². The Morgan fingerprint density at radius 3 is 2.39 bits per heavy atom. The molecule has 162 valence electrons. The maximum atomic E-state index is 14.5. The van der Waals surface area contributed by atoms with Gasteiger partial charge in [-0.25, -0.2) is 4.39 Å². The van der Waals surface area contributed by atoms with Crippen LogP contribution in [0.3, 0.4) is 0 Å². The van der Waals surface area contributed by atoms with Gasteiger partial charge in [0.1, 0.15) is 5.82 Å². The first-order valence-corrected chi connectivity index (χ1v) is 11.8. The van der Waals surface area contributed by atoms with Crippen molar-refractivity contribution in [2.75, 3.05) is 18.8 Å². The summed E-state index contributed by atoms with van der Waals surface area (Å²) in [7, 11) is 0. The quantitative estimate of drug-likeness (QED) is 0.496. The summed E-state index contributed by atoms with van der Waals surface area (Å²) in [6, 6.07) is 16.8. The van der Waals surface area contributed by atoms with Crippen molar-refractivity contribution in [2.24, 2.45) is 0 Å². The first-order valence-electron chi connectivity index (χ1n) is 10.8. The number of rotatable bonds is 7. The smallest absolute Gasteiger partial charge is 0.233 e. The molecule has 0 unspecified atom stereocenters. The molecule has 2 heterocycles. The Kier molecular flexibility index (Phi) is 7.35. The van der Waals surface area contributed by atoms with Crippen LogP contribution < -0.4 is 0 Å². The van der Waals surface area contributed by atoms with Gasteiger partial charge < -0.3 is 9.47 Å². The summed E-state index contributed by atoms with van der Waals surface area (Å²) in [4.78, 5) is 14.7. The molecule has 1 aliphatic rings. The second-order valence-corrected chi connectivity index (χ2v) is 8.70. The van der Waals surface area contributed by atoms with Crippen LogP contribution in [0.4, 0.5) is 4.39 Å². The standard InChI is InChI=1S/C24H27FN4OS/c25-21-13-7-6-12-20(21)23-26-27-24(29(23)17-14-19-10-4-3-5-11-19)31-18-22(30)28-15-8-1-2-9-16-28/h3-7,10-13H,1-2,8-9,14-18H2. The molecule has 0 saturated carbocycles. The van der Waals surface area contributed by atoms with Crippen molar-refractivity contribution in [1.82, 2.24) is 19.7 Å². The molecule has 1 aliphatic heterocycles. The SMILES string of the molecule is O=C(CSc1nnc(-c2ccccc2F)n1CCc1ccccc1)N1CCCCCC1. The third-order valence-electron chi connectivity index (χ3n) is 5.58. The van der Waals surface area contributed by atoms with E-state index in [1.165, 1.54) is 36.2 Å². The highest BCUT2D eigenvalue weighted by atomic mass is 32.2. The van der Waals surface area contributed by atoms with Gasteiger partial charge in [0, 0.05) is 19.6 Å². The van der Waals surface area contributed by atoms with E-state index >= 15 is 0 Å². The summed E-state index contributed by atoms with van der Waals surface area (Å²) in [5.41, 5.74) is 1.61. The van der Waals surface area contributed by atoms with Gasteiger partial charge in [0.2, 0.25) is 5.91 Å². The van der Waals surface area contributed by atoms with Crippen LogP contribution in [0.25, 0.3) is 11.4 Å². The van der Waals surface area contributed by atoms with Crippen molar-refractivity contribution in [3.8, 4) is 11.4 Å². The largest absolute Gasteiger partial charge is 0.342 e. The number of carbonyl (C=O) groups excluding carboxylic acids is 1. The molecule has 1 aromatic heterocycles. The molecule has 0 radical (unpaired) electrons. The summed E-state index contributed by atoms with van der Waals surface area (Å²) < 4.78 is 16.4. The number of aryl methyl sites for hydroxylation is 1. The van der Waals surface area contributed by atoms with E-state index in [2.05, 4.69) is 22.3 Å². The number of likely N-dealkylation sites (tertiary alicyclic amines) is 1. The second-order valence-electron chi connectivity index (χ2n) is 7.76. The van der Waals surface area contributed by atoms with Crippen molar-refractivity contribution >= 4 is 17.7 Å². The molecule has 1 amide bonds. The molecular weight excluding hydrogens is 411 g/mol. The van der Waals surface area contributed by atoms with Gasteiger partial charge in [-0.3, -0.25) is 4.79 Å². The van der Waals surface area contributed by atoms with Crippen LogP contribution in [0.15, 0.2) is 59.8 Å². The fourth-order valence-electron chi connectivity index (χ4n) is 3.86. The molecule has 0 aliphatic carbocycles. The minimum atomic E-state index is -0.326. The molecule has 31 heavy (non-hydrogen) atoms. The zero-order valence-electron chi connectivity index (χ0n) is 17.5. The highest BCUT2D eigenvalue weighted by Crippen LogP contribution is 2.27. The van der Waals surface area contributed by atoms with E-state index in [4.69, 9.17) is 0 Å². The van der Waals surface area contributed by atoms with E-state index in [1.807, 2.05) is 27.7 Å². The molecule has 0 bridgehead atoms. The lowest BCUT2D eigenvalue weighted by Gasteiger charge is -2.20. The highest BCUT2D eigenvalue weighted by Gasteiger charge is 2.20. The summed E-state index contributed by atoms with van der Waals surface area (Å²) in [5.74, 6) is 0.629. The highest BCUT2D eigenvalue weighted by molar-refractivity contribution is 7.99. The molecule has 7 heteroatoms. The van der Waals surface area contributed by atoms with E-state index < -0.39 is 0 Å². The zero-order chi connectivity index (χ0) is 21.5. The number of hydrogen-bond donors (Lipinski definition) is 0. The van der Waals surface area contributed by atoms with Crippen molar-refractivity contribution in [3.63, 3.8) is 0 Å². The van der Waals surface area contributed by atoms with Gasteiger partial charge in [0.15, 0.2) is 11.0 Å². The van der Waals surface area contributed by atoms with Crippen LogP contribution in [-0.2, 0) is 17.8 Å². The number of hydrogen-bond acceptors (Lipinski definition) is 4. The van der Waals surface area contributed by atoms with Gasteiger partial charge in [-0.1, -0.05) is 67.1 Å². The van der Waals surface area contributed by atoms with E-state index in [0.717, 1.165) is 32.4 Å². The Balaban J connectivity index is 1.53. The third-order valence-corrected chi connectivity index (χ3v) is 6.53. The Morgan fingerprint density at radius 2 is 1.65 bits per heavy atom. The van der Waals surface area contributed by atoms with Crippen LogP contribution in [0.5, 0.6) is 0 Å². The fraction of sp³-hybridized carbons (Fsp3) is 0.375. The predicted octanol–water partition coefficient (Wildman–Crippen LogP) is 4.82. The lowest BCUT2D eigenvalue weighted by Crippen LogP contribution is -2.33. The molecule has 0 spiro atoms. The monoisotopic (exact) mass is 438 g/mol. The number of carbonyl (C=O) groups is 1. The normalized spacial score (nSPS) is 14.4. The number of amides is 1. The first-order chi connectivity index (χ1) is 15.2. The lowest BCUT2D eigenvalue weighted by atomic mass is 10.1. The molecular formula is C24H27FN4OS. The number of nitrogens with zero attached hydrogens (tertiary/aromatic N) is 4. The molecule has 0 atom stereocenters. The van der Waals surface area contributed by atoms with Crippen molar-refractivity contribution in [1.29, 1.82) is 0 Å². The second kappa shape index (κ2) is 10.6. The maximum Gasteiger partial charge on any atom is 0.233 e. The fourth-order valence-corrected chi connectivity index (χ4v) is 4.73. The lowest BCUT2D eigenvalue weighted by molar-refractivity contribution is -0.128. The minimum Gasteiger partial charge on any atom is -0.342 e. The molecule has 0 N–H and O–H groups in total. The molecule has 1 saturated heterocycles. The topological polar surface area (TPSA) is 51.0 Å².